The second kappa shape index (κ2) is 6.89. The van der Waals surface area contributed by atoms with E-state index in [4.69, 9.17) is 5.11 Å². The standard InChI is InChI=1S/C16H24N2O3/c1-11(8-16(20)21)13-4-3-7-18(9-13)10-14-15(19)6-5-12(2)17-14/h5-6,11,13,19H,3-4,7-10H2,1-2H3,(H,20,21). The third-order valence-corrected chi connectivity index (χ3v) is 4.31. The van der Waals surface area contributed by atoms with E-state index in [9.17, 15) is 9.90 Å². The minimum atomic E-state index is -0.724. The van der Waals surface area contributed by atoms with Crippen molar-refractivity contribution in [3.63, 3.8) is 0 Å². The highest BCUT2D eigenvalue weighted by atomic mass is 16.4. The number of aromatic nitrogens is 1. The maximum absolute atomic E-state index is 10.9. The molecule has 0 spiro atoms. The topological polar surface area (TPSA) is 73.7 Å². The Labute approximate surface area is 125 Å². The predicted molar refractivity (Wildman–Crippen MR) is 80.1 cm³/mol. The fourth-order valence-electron chi connectivity index (χ4n) is 3.07. The van der Waals surface area contributed by atoms with Gasteiger partial charge in [0.1, 0.15) is 5.75 Å². The van der Waals surface area contributed by atoms with Crippen LogP contribution in [0, 0.1) is 18.8 Å². The highest BCUT2D eigenvalue weighted by Crippen LogP contribution is 2.28. The van der Waals surface area contributed by atoms with Crippen molar-refractivity contribution in [3.05, 3.63) is 23.5 Å². The van der Waals surface area contributed by atoms with Gasteiger partial charge in [-0.15, -0.1) is 0 Å². The molecule has 5 heteroatoms. The molecule has 0 aliphatic carbocycles. The Bertz CT molecular complexity index is 504. The van der Waals surface area contributed by atoms with E-state index < -0.39 is 5.97 Å². The molecular weight excluding hydrogens is 268 g/mol. The molecule has 1 aliphatic rings. The fraction of sp³-hybridized carbons (Fsp3) is 0.625. The van der Waals surface area contributed by atoms with Crippen molar-refractivity contribution >= 4 is 5.97 Å². The summed E-state index contributed by atoms with van der Waals surface area (Å²) in [5, 5.41) is 18.8. The van der Waals surface area contributed by atoms with Crippen molar-refractivity contribution < 1.29 is 15.0 Å². The minimum Gasteiger partial charge on any atom is -0.506 e. The summed E-state index contributed by atoms with van der Waals surface area (Å²) in [4.78, 5) is 17.5. The number of hydrogen-bond donors (Lipinski definition) is 2. The summed E-state index contributed by atoms with van der Waals surface area (Å²) in [6.45, 7) is 6.42. The molecule has 2 N–H and O–H groups in total. The second-order valence-electron chi connectivity index (χ2n) is 6.13. The van der Waals surface area contributed by atoms with Crippen LogP contribution in [0.5, 0.6) is 5.75 Å². The Hall–Kier alpha value is -1.62. The van der Waals surface area contributed by atoms with E-state index in [0.29, 0.717) is 18.2 Å². The van der Waals surface area contributed by atoms with Gasteiger partial charge in [-0.05, 0) is 50.3 Å². The molecule has 1 aromatic rings. The molecule has 5 nitrogen and oxygen atoms in total. The first kappa shape index (κ1) is 15.8. The van der Waals surface area contributed by atoms with Gasteiger partial charge in [0.2, 0.25) is 0 Å². The smallest absolute Gasteiger partial charge is 0.303 e. The monoisotopic (exact) mass is 292 g/mol. The molecule has 2 rings (SSSR count). The number of carboxylic acids is 1. The van der Waals surface area contributed by atoms with E-state index in [1.807, 2.05) is 13.8 Å². The van der Waals surface area contributed by atoms with E-state index in [0.717, 1.165) is 31.6 Å². The summed E-state index contributed by atoms with van der Waals surface area (Å²) in [5.74, 6) is 0.102. The number of aliphatic carboxylic acids is 1. The third kappa shape index (κ3) is 4.43. The average Bonchev–Trinajstić information content (AvgIpc) is 2.42. The highest BCUT2D eigenvalue weighted by Gasteiger charge is 2.26. The highest BCUT2D eigenvalue weighted by molar-refractivity contribution is 5.67. The summed E-state index contributed by atoms with van der Waals surface area (Å²) in [7, 11) is 0. The number of nitrogens with zero attached hydrogens (tertiary/aromatic N) is 2. The lowest BCUT2D eigenvalue weighted by molar-refractivity contribution is -0.138. The average molecular weight is 292 g/mol. The third-order valence-electron chi connectivity index (χ3n) is 4.31. The summed E-state index contributed by atoms with van der Waals surface area (Å²) in [6.07, 6.45) is 2.38. The normalized spacial score (nSPS) is 21.1. The van der Waals surface area contributed by atoms with E-state index >= 15 is 0 Å². The van der Waals surface area contributed by atoms with Crippen LogP contribution in [0.1, 0.15) is 37.6 Å². The lowest BCUT2D eigenvalue weighted by atomic mass is 9.84. The zero-order chi connectivity index (χ0) is 15.4. The molecule has 1 fully saturated rings. The van der Waals surface area contributed by atoms with Gasteiger partial charge in [0.15, 0.2) is 0 Å². The molecular formula is C16H24N2O3. The SMILES string of the molecule is Cc1ccc(O)c(CN2CCCC(C(C)CC(=O)O)C2)n1. The number of hydrogen-bond acceptors (Lipinski definition) is 4. The lowest BCUT2D eigenvalue weighted by Crippen LogP contribution is -2.38. The molecule has 2 heterocycles. The van der Waals surface area contributed by atoms with E-state index in [2.05, 4.69) is 9.88 Å². The van der Waals surface area contributed by atoms with Gasteiger partial charge < -0.3 is 10.2 Å². The van der Waals surface area contributed by atoms with Crippen molar-refractivity contribution in [1.29, 1.82) is 0 Å². The molecule has 0 radical (unpaired) electrons. The number of likely N-dealkylation sites (tertiary alicyclic amines) is 1. The minimum absolute atomic E-state index is 0.185. The number of aromatic hydroxyl groups is 1. The van der Waals surface area contributed by atoms with Gasteiger partial charge in [0.05, 0.1) is 5.69 Å². The second-order valence-corrected chi connectivity index (χ2v) is 6.13. The molecule has 2 atom stereocenters. The van der Waals surface area contributed by atoms with Gasteiger partial charge in [0.25, 0.3) is 0 Å². The summed E-state index contributed by atoms with van der Waals surface area (Å²) in [5.41, 5.74) is 1.61. The quantitative estimate of drug-likeness (QED) is 0.872. The molecule has 0 bridgehead atoms. The predicted octanol–water partition coefficient (Wildman–Crippen LogP) is 2.42. The first-order valence-corrected chi connectivity index (χ1v) is 7.55. The Morgan fingerprint density at radius 3 is 3.00 bits per heavy atom. The van der Waals surface area contributed by atoms with Crippen LogP contribution in [0.15, 0.2) is 12.1 Å². The van der Waals surface area contributed by atoms with Gasteiger partial charge in [-0.25, -0.2) is 0 Å². The molecule has 116 valence electrons. The Balaban J connectivity index is 1.98. The first-order valence-electron chi connectivity index (χ1n) is 7.55. The van der Waals surface area contributed by atoms with Crippen LogP contribution in [-0.4, -0.2) is 39.2 Å². The van der Waals surface area contributed by atoms with Gasteiger partial charge in [-0.3, -0.25) is 14.7 Å². The number of carboxylic acid groups (broad SMARTS) is 1. The zero-order valence-electron chi connectivity index (χ0n) is 12.7. The van der Waals surface area contributed by atoms with Gasteiger partial charge in [-0.2, -0.15) is 0 Å². The molecule has 0 amide bonds. The van der Waals surface area contributed by atoms with E-state index in [1.165, 1.54) is 0 Å². The van der Waals surface area contributed by atoms with Gasteiger partial charge >= 0.3 is 5.97 Å². The molecule has 1 aliphatic heterocycles. The van der Waals surface area contributed by atoms with Crippen LogP contribution in [0.2, 0.25) is 0 Å². The lowest BCUT2D eigenvalue weighted by Gasteiger charge is -2.35. The number of pyridine rings is 1. The van der Waals surface area contributed by atoms with Crippen molar-refractivity contribution in [3.8, 4) is 5.75 Å². The van der Waals surface area contributed by atoms with Crippen molar-refractivity contribution in [2.75, 3.05) is 13.1 Å². The molecule has 1 saturated heterocycles. The molecule has 2 unspecified atom stereocenters. The summed E-state index contributed by atoms with van der Waals surface area (Å²) >= 11 is 0. The van der Waals surface area contributed by atoms with Crippen LogP contribution in [0.4, 0.5) is 0 Å². The number of carbonyl (C=O) groups is 1. The Morgan fingerprint density at radius 2 is 2.29 bits per heavy atom. The molecule has 21 heavy (non-hydrogen) atoms. The zero-order valence-corrected chi connectivity index (χ0v) is 12.7. The molecule has 0 saturated carbocycles. The number of piperidine rings is 1. The summed E-state index contributed by atoms with van der Waals surface area (Å²) in [6, 6.07) is 3.49. The van der Waals surface area contributed by atoms with Crippen molar-refractivity contribution in [1.82, 2.24) is 9.88 Å². The van der Waals surface area contributed by atoms with Gasteiger partial charge in [0, 0.05) is 25.2 Å². The van der Waals surface area contributed by atoms with Crippen LogP contribution in [0.3, 0.4) is 0 Å². The maximum atomic E-state index is 10.9. The van der Waals surface area contributed by atoms with E-state index in [-0.39, 0.29) is 18.1 Å². The molecule has 1 aromatic heterocycles. The van der Waals surface area contributed by atoms with Gasteiger partial charge in [-0.1, -0.05) is 6.92 Å². The number of aryl methyl sites for hydroxylation is 1. The van der Waals surface area contributed by atoms with Crippen LogP contribution >= 0.6 is 0 Å². The Morgan fingerprint density at radius 1 is 1.52 bits per heavy atom. The Kier molecular flexibility index (Phi) is 5.17. The van der Waals surface area contributed by atoms with Crippen molar-refractivity contribution in [2.24, 2.45) is 11.8 Å². The fourth-order valence-corrected chi connectivity index (χ4v) is 3.07. The number of rotatable bonds is 5. The maximum Gasteiger partial charge on any atom is 0.303 e. The summed E-state index contributed by atoms with van der Waals surface area (Å²) < 4.78 is 0. The van der Waals surface area contributed by atoms with Crippen LogP contribution in [-0.2, 0) is 11.3 Å². The first-order chi connectivity index (χ1) is 9.95. The van der Waals surface area contributed by atoms with Crippen LogP contribution in [0.25, 0.3) is 0 Å². The molecule has 0 aromatic carbocycles. The van der Waals surface area contributed by atoms with Crippen LogP contribution < -0.4 is 0 Å². The van der Waals surface area contributed by atoms with Crippen molar-refractivity contribution in [2.45, 2.75) is 39.7 Å². The van der Waals surface area contributed by atoms with E-state index in [1.54, 1.807) is 12.1 Å². The largest absolute Gasteiger partial charge is 0.506 e.